The Hall–Kier alpha value is -3.99. The summed E-state index contributed by atoms with van der Waals surface area (Å²) in [6.45, 7) is 4.17. The molecule has 1 aromatic heterocycles. The first kappa shape index (κ1) is 27.2. The number of likely N-dealkylation sites (tertiary alicyclic amines) is 1. The second-order valence-corrected chi connectivity index (χ2v) is 11.3. The van der Waals surface area contributed by atoms with E-state index in [-0.39, 0.29) is 60.4 Å². The van der Waals surface area contributed by atoms with Crippen LogP contribution in [0.15, 0.2) is 48.7 Å². The number of nitrogens with one attached hydrogen (secondary N) is 2. The molecule has 3 aliphatic rings. The quantitative estimate of drug-likeness (QED) is 0.281. The number of aromatic amines is 1. The third kappa shape index (κ3) is 4.92. The maximum Gasteiger partial charge on any atom is 0.487 e. The number of carbonyl (C=O) groups is 3. The van der Waals surface area contributed by atoms with Gasteiger partial charge in [-0.2, -0.15) is 5.10 Å². The predicted molar refractivity (Wildman–Crippen MR) is 148 cm³/mol. The van der Waals surface area contributed by atoms with Crippen molar-refractivity contribution in [1.29, 1.82) is 0 Å². The first-order valence-electron chi connectivity index (χ1n) is 13.5. The van der Waals surface area contributed by atoms with E-state index in [9.17, 15) is 23.2 Å². The Balaban J connectivity index is 1.37. The smallest absolute Gasteiger partial charge is 0.420 e. The van der Waals surface area contributed by atoms with Crippen molar-refractivity contribution in [2.45, 2.75) is 69.1 Å². The maximum absolute atomic E-state index is 13.5. The number of hydrogen-bond donors (Lipinski definition) is 2. The molecule has 2 N–H and O–H groups in total. The molecule has 0 radical (unpaired) electrons. The van der Waals surface area contributed by atoms with Crippen molar-refractivity contribution < 1.29 is 27.9 Å². The predicted octanol–water partition coefficient (Wildman–Crippen LogP) is 5.49. The van der Waals surface area contributed by atoms with Crippen LogP contribution in [0.4, 0.5) is 20.2 Å². The summed E-state index contributed by atoms with van der Waals surface area (Å²) in [4.78, 5) is 42.7. The fourth-order valence-corrected chi connectivity index (χ4v) is 6.68. The summed E-state index contributed by atoms with van der Waals surface area (Å²) in [5.41, 5.74) is 0.418. The van der Waals surface area contributed by atoms with Gasteiger partial charge < -0.3 is 15.0 Å². The van der Waals surface area contributed by atoms with Gasteiger partial charge in [-0.05, 0) is 74.7 Å². The van der Waals surface area contributed by atoms with Gasteiger partial charge in [-0.15, -0.1) is 8.78 Å². The molecule has 3 aromatic rings. The molecule has 41 heavy (non-hydrogen) atoms. The molecule has 6 rings (SSSR count). The molecule has 9 nitrogen and oxygen atoms in total. The third-order valence-corrected chi connectivity index (χ3v) is 8.15. The molecule has 0 spiro atoms. The van der Waals surface area contributed by atoms with Crippen molar-refractivity contribution in [3.8, 4) is 17.0 Å². The first-order chi connectivity index (χ1) is 19.5. The first-order valence-corrected chi connectivity index (χ1v) is 13.9. The summed E-state index contributed by atoms with van der Waals surface area (Å²) < 4.78 is 30.2. The largest absolute Gasteiger partial charge is 0.487 e. The number of halogens is 3. The second-order valence-electron chi connectivity index (χ2n) is 10.9. The van der Waals surface area contributed by atoms with Crippen LogP contribution in [0.2, 0.25) is 0 Å². The van der Waals surface area contributed by atoms with E-state index in [1.165, 1.54) is 29.2 Å². The molecule has 3 amide bonds. The minimum Gasteiger partial charge on any atom is -0.420 e. The van der Waals surface area contributed by atoms with Crippen LogP contribution < -0.4 is 15.0 Å². The van der Waals surface area contributed by atoms with E-state index in [1.54, 1.807) is 12.3 Å². The Morgan fingerprint density at radius 3 is 2.44 bits per heavy atom. The highest BCUT2D eigenvalue weighted by atomic mass is 35.5. The Labute approximate surface area is 239 Å². The number of amides is 3. The Kier molecular flexibility index (Phi) is 6.72. The topological polar surface area (TPSA) is 108 Å². The Morgan fingerprint density at radius 1 is 1.12 bits per heavy atom. The summed E-state index contributed by atoms with van der Waals surface area (Å²) >= 11 is 4.83. The number of nitrogens with zero attached hydrogens (tertiary/aromatic N) is 3. The highest BCUT2D eigenvalue weighted by Crippen LogP contribution is 2.55. The van der Waals surface area contributed by atoms with Crippen LogP contribution in [-0.2, 0) is 9.59 Å². The van der Waals surface area contributed by atoms with Crippen LogP contribution in [-0.4, -0.2) is 56.5 Å². The SMILES string of the molecule is CC(C)N1c2c(-c3ccn[nH]3)cc(C(=O)Nc3ccc(OC(F)(F)Cl)cc3)cc2C2CCC(N3C(=O)CCC3=O)C21. The molecule has 1 aliphatic carbocycles. The zero-order valence-corrected chi connectivity index (χ0v) is 23.1. The number of H-pyrrole nitrogens is 1. The molecule has 0 bridgehead atoms. The molecular formula is C29H28ClF2N5O4. The van der Waals surface area contributed by atoms with Gasteiger partial charge in [0.25, 0.3) is 5.91 Å². The lowest BCUT2D eigenvalue weighted by molar-refractivity contribution is -0.141. The normalized spacial score (nSPS) is 22.0. The van der Waals surface area contributed by atoms with Gasteiger partial charge in [0.15, 0.2) is 0 Å². The molecule has 1 saturated carbocycles. The molecular weight excluding hydrogens is 556 g/mol. The number of anilines is 2. The van der Waals surface area contributed by atoms with Crippen LogP contribution in [0.1, 0.15) is 61.4 Å². The lowest BCUT2D eigenvalue weighted by Gasteiger charge is -2.38. The van der Waals surface area contributed by atoms with E-state index in [0.29, 0.717) is 17.7 Å². The summed E-state index contributed by atoms with van der Waals surface area (Å²) in [6, 6.07) is 10.7. The van der Waals surface area contributed by atoms with E-state index in [1.807, 2.05) is 12.1 Å². The van der Waals surface area contributed by atoms with Gasteiger partial charge in [0, 0.05) is 59.4 Å². The fraction of sp³-hybridized carbons (Fsp3) is 0.379. The van der Waals surface area contributed by atoms with Crippen LogP contribution in [0.5, 0.6) is 5.75 Å². The number of aromatic nitrogens is 2. The minimum atomic E-state index is -3.84. The lowest BCUT2D eigenvalue weighted by Crippen LogP contribution is -2.52. The van der Waals surface area contributed by atoms with Crippen LogP contribution >= 0.6 is 11.6 Å². The minimum absolute atomic E-state index is 0.0154. The molecule has 2 aromatic carbocycles. The number of imide groups is 1. The summed E-state index contributed by atoms with van der Waals surface area (Å²) in [5.74, 6) is -0.765. The molecule has 12 heteroatoms. The molecule has 3 heterocycles. The standard InChI is InChI=1S/C29H28ClF2N5O4/c1-15(2)36-26-20(19-7-8-23(27(19)36)37-24(38)9-10-25(37)39)13-16(14-21(26)22-11-12-33-35-22)28(40)34-17-3-5-18(6-4-17)41-29(30,31)32/h3-6,11-15,19,23,27H,7-10H2,1-2H3,(H,33,35)(H,34,40). The number of ether oxygens (including phenoxy) is 1. The number of alkyl halides is 3. The van der Waals surface area contributed by atoms with Crippen molar-refractivity contribution in [1.82, 2.24) is 15.1 Å². The molecule has 1 saturated heterocycles. The molecule has 2 fully saturated rings. The van der Waals surface area contributed by atoms with Gasteiger partial charge in [0.1, 0.15) is 5.75 Å². The average Bonchev–Trinajstić information content (AvgIpc) is 3.69. The highest BCUT2D eigenvalue weighted by molar-refractivity contribution is 6.20. The molecule has 2 aliphatic heterocycles. The van der Waals surface area contributed by atoms with Gasteiger partial charge in [-0.25, -0.2) is 0 Å². The Bertz CT molecular complexity index is 1490. The van der Waals surface area contributed by atoms with E-state index >= 15 is 0 Å². The monoisotopic (exact) mass is 583 g/mol. The summed E-state index contributed by atoms with van der Waals surface area (Å²) in [6.07, 6.45) is 3.59. The van der Waals surface area contributed by atoms with Crippen LogP contribution in [0.3, 0.4) is 0 Å². The van der Waals surface area contributed by atoms with Gasteiger partial charge >= 0.3 is 5.57 Å². The van der Waals surface area contributed by atoms with Crippen molar-refractivity contribution in [2.24, 2.45) is 0 Å². The number of rotatable bonds is 7. The van der Waals surface area contributed by atoms with E-state index in [2.05, 4.69) is 39.0 Å². The van der Waals surface area contributed by atoms with Gasteiger partial charge in [0.05, 0.1) is 23.5 Å². The van der Waals surface area contributed by atoms with Gasteiger partial charge in [-0.1, -0.05) is 0 Å². The fourth-order valence-electron chi connectivity index (χ4n) is 6.59. The number of fused-ring (bicyclic) bond motifs is 3. The van der Waals surface area contributed by atoms with Crippen LogP contribution in [0.25, 0.3) is 11.3 Å². The summed E-state index contributed by atoms with van der Waals surface area (Å²) in [7, 11) is 0. The van der Waals surface area contributed by atoms with Gasteiger partial charge in [0.2, 0.25) is 11.8 Å². The van der Waals surface area contributed by atoms with E-state index in [4.69, 9.17) is 11.6 Å². The van der Waals surface area contributed by atoms with Crippen molar-refractivity contribution >= 4 is 40.7 Å². The number of carbonyl (C=O) groups excluding carboxylic acids is 3. The molecule has 3 atom stereocenters. The van der Waals surface area contributed by atoms with Crippen molar-refractivity contribution in [2.75, 3.05) is 10.2 Å². The number of benzene rings is 2. The molecule has 214 valence electrons. The van der Waals surface area contributed by atoms with Crippen molar-refractivity contribution in [3.05, 3.63) is 59.8 Å². The third-order valence-electron chi connectivity index (χ3n) is 8.08. The summed E-state index contributed by atoms with van der Waals surface area (Å²) in [5, 5.41) is 9.96. The van der Waals surface area contributed by atoms with E-state index < -0.39 is 5.57 Å². The van der Waals surface area contributed by atoms with Crippen LogP contribution in [0, 0.1) is 0 Å². The highest BCUT2D eigenvalue weighted by Gasteiger charge is 2.53. The number of hydrogen-bond acceptors (Lipinski definition) is 6. The lowest BCUT2D eigenvalue weighted by atomic mass is 9.92. The maximum atomic E-state index is 13.5. The zero-order valence-electron chi connectivity index (χ0n) is 22.4. The van der Waals surface area contributed by atoms with Crippen molar-refractivity contribution in [3.63, 3.8) is 0 Å². The van der Waals surface area contributed by atoms with E-state index in [0.717, 1.165) is 28.9 Å². The Morgan fingerprint density at radius 2 is 1.83 bits per heavy atom. The molecule has 3 unspecified atom stereocenters. The zero-order chi connectivity index (χ0) is 29.1. The average molecular weight is 584 g/mol. The second kappa shape index (κ2) is 10.1. The van der Waals surface area contributed by atoms with Gasteiger partial charge in [-0.3, -0.25) is 24.4 Å².